The topological polar surface area (TPSA) is 113 Å². The van der Waals surface area contributed by atoms with E-state index in [0.717, 1.165) is 11.1 Å². The molecule has 0 spiro atoms. The highest BCUT2D eigenvalue weighted by atomic mass is 32.1. The predicted octanol–water partition coefficient (Wildman–Crippen LogP) is 4.29. The van der Waals surface area contributed by atoms with Crippen LogP contribution in [0.5, 0.6) is 5.75 Å². The molecule has 10 heteroatoms. The number of ether oxygens (including phenoxy) is 2. The van der Waals surface area contributed by atoms with Crippen molar-refractivity contribution in [3.8, 4) is 5.75 Å². The smallest absolute Gasteiger partial charge is 0.338 e. The molecule has 0 bridgehead atoms. The third-order valence-electron chi connectivity index (χ3n) is 6.39. The van der Waals surface area contributed by atoms with Crippen LogP contribution in [0.4, 0.5) is 5.69 Å². The highest BCUT2D eigenvalue weighted by Crippen LogP contribution is 2.30. The van der Waals surface area contributed by atoms with Gasteiger partial charge in [-0.25, -0.2) is 9.79 Å². The first-order valence-corrected chi connectivity index (χ1v) is 13.4. The van der Waals surface area contributed by atoms with Crippen LogP contribution in [-0.4, -0.2) is 22.1 Å². The third kappa shape index (κ3) is 5.34. The molecule has 2 heterocycles. The molecule has 9 nitrogen and oxygen atoms in total. The van der Waals surface area contributed by atoms with Crippen LogP contribution in [0.15, 0.2) is 99.9 Å². The number of allylic oxidation sites excluding steroid dienone is 1. The predicted molar refractivity (Wildman–Crippen MR) is 151 cm³/mol. The number of esters is 1. The summed E-state index contributed by atoms with van der Waals surface area (Å²) >= 11 is 1.25. The number of carbonyl (C=O) groups is 1. The van der Waals surface area contributed by atoms with Gasteiger partial charge in [-0.05, 0) is 49.2 Å². The molecule has 0 amide bonds. The molecule has 1 atom stereocenters. The van der Waals surface area contributed by atoms with Gasteiger partial charge in [0.05, 0.1) is 38.9 Å². The number of nitrogens with zero attached hydrogens (tertiary/aromatic N) is 3. The summed E-state index contributed by atoms with van der Waals surface area (Å²) in [5, 5.41) is 11.2. The number of nitro benzene ring substituents is 1. The van der Waals surface area contributed by atoms with Crippen LogP contribution in [0.25, 0.3) is 6.08 Å². The van der Waals surface area contributed by atoms with E-state index < -0.39 is 16.9 Å². The molecular formula is C30H25N3O6S. The van der Waals surface area contributed by atoms with E-state index in [1.165, 1.54) is 17.4 Å². The van der Waals surface area contributed by atoms with Crippen molar-refractivity contribution in [3.63, 3.8) is 0 Å². The number of hydrogen-bond donors (Lipinski definition) is 0. The monoisotopic (exact) mass is 555 g/mol. The average molecular weight is 556 g/mol. The lowest BCUT2D eigenvalue weighted by atomic mass is 9.96. The number of para-hydroxylation sites is 1. The van der Waals surface area contributed by atoms with Gasteiger partial charge in [0.25, 0.3) is 11.2 Å². The van der Waals surface area contributed by atoms with Gasteiger partial charge in [0, 0.05) is 6.07 Å². The zero-order valence-corrected chi connectivity index (χ0v) is 22.6. The Balaban J connectivity index is 1.46. The Hall–Kier alpha value is -4.83. The molecule has 4 aromatic rings. The lowest BCUT2D eigenvalue weighted by Crippen LogP contribution is -2.39. The molecule has 40 heavy (non-hydrogen) atoms. The first-order valence-electron chi connectivity index (χ1n) is 12.6. The molecule has 0 saturated heterocycles. The Morgan fingerprint density at radius 3 is 2.48 bits per heavy atom. The van der Waals surface area contributed by atoms with Crippen molar-refractivity contribution in [2.24, 2.45) is 4.99 Å². The Morgan fingerprint density at radius 2 is 1.77 bits per heavy atom. The van der Waals surface area contributed by atoms with Crippen molar-refractivity contribution in [1.82, 2.24) is 4.57 Å². The van der Waals surface area contributed by atoms with Gasteiger partial charge in [0.15, 0.2) is 4.80 Å². The number of nitro groups is 1. The number of carbonyl (C=O) groups excluding carboxylic acids is 1. The van der Waals surface area contributed by atoms with Crippen molar-refractivity contribution in [2.45, 2.75) is 26.5 Å². The molecule has 0 aliphatic carbocycles. The fourth-order valence-corrected chi connectivity index (χ4v) is 5.57. The van der Waals surface area contributed by atoms with Crippen molar-refractivity contribution in [1.29, 1.82) is 0 Å². The molecule has 1 aliphatic heterocycles. The largest absolute Gasteiger partial charge is 0.489 e. The molecule has 0 N–H and O–H groups in total. The lowest BCUT2D eigenvalue weighted by molar-refractivity contribution is -0.385. The third-order valence-corrected chi connectivity index (χ3v) is 7.38. The summed E-state index contributed by atoms with van der Waals surface area (Å²) < 4.78 is 13.1. The van der Waals surface area contributed by atoms with Crippen molar-refractivity contribution in [2.75, 3.05) is 6.61 Å². The molecule has 0 radical (unpaired) electrons. The quantitative estimate of drug-likeness (QED) is 0.182. The second kappa shape index (κ2) is 11.5. The number of fused-ring (bicyclic) bond motifs is 1. The van der Waals surface area contributed by atoms with E-state index in [9.17, 15) is 19.7 Å². The summed E-state index contributed by atoms with van der Waals surface area (Å²) in [6.07, 6.45) is 1.76. The minimum Gasteiger partial charge on any atom is -0.489 e. The van der Waals surface area contributed by atoms with Crippen molar-refractivity contribution < 1.29 is 19.2 Å². The van der Waals surface area contributed by atoms with E-state index in [-0.39, 0.29) is 24.5 Å². The minimum atomic E-state index is -0.656. The maximum absolute atomic E-state index is 13.7. The Bertz CT molecular complexity index is 1790. The molecule has 5 rings (SSSR count). The Morgan fingerprint density at radius 1 is 1.07 bits per heavy atom. The van der Waals surface area contributed by atoms with Crippen LogP contribution in [0.1, 0.15) is 36.6 Å². The van der Waals surface area contributed by atoms with Crippen molar-refractivity contribution >= 4 is 29.1 Å². The van der Waals surface area contributed by atoms with Gasteiger partial charge in [-0.15, -0.1) is 0 Å². The summed E-state index contributed by atoms with van der Waals surface area (Å²) in [6.45, 7) is 3.75. The fourth-order valence-electron chi connectivity index (χ4n) is 4.53. The second-order valence-corrected chi connectivity index (χ2v) is 9.97. The van der Waals surface area contributed by atoms with Crippen LogP contribution >= 0.6 is 11.3 Å². The van der Waals surface area contributed by atoms with E-state index >= 15 is 0 Å². The van der Waals surface area contributed by atoms with Gasteiger partial charge >= 0.3 is 5.97 Å². The second-order valence-electron chi connectivity index (χ2n) is 8.96. The number of thiazole rings is 1. The summed E-state index contributed by atoms with van der Waals surface area (Å²) in [6, 6.07) is 22.2. The van der Waals surface area contributed by atoms with Crippen LogP contribution in [0.3, 0.4) is 0 Å². The Kier molecular flexibility index (Phi) is 7.70. The van der Waals surface area contributed by atoms with Crippen LogP contribution < -0.4 is 19.6 Å². The maximum Gasteiger partial charge on any atom is 0.338 e. The molecule has 1 aliphatic rings. The summed E-state index contributed by atoms with van der Waals surface area (Å²) in [5.74, 6) is 0.0406. The van der Waals surface area contributed by atoms with Gasteiger partial charge in [-0.2, -0.15) is 0 Å². The molecule has 0 saturated carbocycles. The van der Waals surface area contributed by atoms with Gasteiger partial charge < -0.3 is 9.47 Å². The molecular weight excluding hydrogens is 530 g/mol. The molecule has 0 unspecified atom stereocenters. The van der Waals surface area contributed by atoms with E-state index in [1.54, 1.807) is 67.0 Å². The summed E-state index contributed by atoms with van der Waals surface area (Å²) in [7, 11) is 0. The average Bonchev–Trinajstić information content (AvgIpc) is 3.26. The zero-order valence-electron chi connectivity index (χ0n) is 21.8. The highest BCUT2D eigenvalue weighted by Gasteiger charge is 2.33. The molecule has 3 aromatic carbocycles. The SMILES string of the molecule is CCOC(=O)C1=C(C)N=c2s/c(=C\c3ccc(OCc4ccccc4[N+](=O)[O-])cc3)c(=O)n2[C@@H]1c1ccccc1. The standard InChI is InChI=1S/C30H25N3O6S/c1-3-38-29(35)26-19(2)31-30-32(27(26)21-9-5-4-6-10-21)28(34)25(40-30)17-20-13-15-23(16-14-20)39-18-22-11-7-8-12-24(22)33(36)37/h4-17,27H,3,18H2,1-2H3/b25-17-/t27-/m1/s1. The minimum absolute atomic E-state index is 0.00431. The van der Waals surface area contributed by atoms with E-state index in [2.05, 4.69) is 4.99 Å². The van der Waals surface area contributed by atoms with E-state index in [1.807, 2.05) is 30.3 Å². The van der Waals surface area contributed by atoms with Gasteiger partial charge in [-0.3, -0.25) is 19.5 Å². The first kappa shape index (κ1) is 26.8. The van der Waals surface area contributed by atoms with E-state index in [4.69, 9.17) is 9.47 Å². The number of aromatic nitrogens is 1. The zero-order chi connectivity index (χ0) is 28.2. The normalized spacial score (nSPS) is 14.8. The lowest BCUT2D eigenvalue weighted by Gasteiger charge is -2.24. The van der Waals surface area contributed by atoms with E-state index in [0.29, 0.717) is 31.9 Å². The number of hydrogen-bond acceptors (Lipinski definition) is 8. The number of rotatable bonds is 8. The van der Waals surface area contributed by atoms with Crippen LogP contribution in [-0.2, 0) is 16.1 Å². The highest BCUT2D eigenvalue weighted by molar-refractivity contribution is 7.07. The molecule has 1 aromatic heterocycles. The molecule has 202 valence electrons. The van der Waals surface area contributed by atoms with Crippen LogP contribution in [0.2, 0.25) is 0 Å². The fraction of sp³-hybridized carbons (Fsp3) is 0.167. The number of benzene rings is 3. The first-order chi connectivity index (χ1) is 19.4. The maximum atomic E-state index is 13.7. The molecule has 0 fully saturated rings. The van der Waals surface area contributed by atoms with Crippen molar-refractivity contribution in [3.05, 3.63) is 137 Å². The summed E-state index contributed by atoms with van der Waals surface area (Å²) in [5.41, 5.74) is 2.62. The van der Waals surface area contributed by atoms with Gasteiger partial charge in [0.2, 0.25) is 0 Å². The van der Waals surface area contributed by atoms with Gasteiger partial charge in [-0.1, -0.05) is 65.9 Å². The summed E-state index contributed by atoms with van der Waals surface area (Å²) in [4.78, 5) is 42.5. The Labute approximate surface area is 233 Å². The van der Waals surface area contributed by atoms with Gasteiger partial charge in [0.1, 0.15) is 12.4 Å². The van der Waals surface area contributed by atoms with Crippen LogP contribution in [0, 0.1) is 10.1 Å².